The summed E-state index contributed by atoms with van der Waals surface area (Å²) in [6, 6.07) is 9.35. The molecule has 3 heterocycles. The van der Waals surface area contributed by atoms with Crippen LogP contribution in [0.5, 0.6) is 0 Å². The molecule has 0 spiro atoms. The molecule has 3 aromatic rings. The van der Waals surface area contributed by atoms with Crippen LogP contribution < -0.4 is 10.2 Å². The summed E-state index contributed by atoms with van der Waals surface area (Å²) in [6.07, 6.45) is 5.69. The fourth-order valence-corrected chi connectivity index (χ4v) is 3.79. The Kier molecular flexibility index (Phi) is 3.67. The maximum Gasteiger partial charge on any atom is 0.257 e. The number of aromatic nitrogens is 2. The zero-order valence-electron chi connectivity index (χ0n) is 12.5. The fourth-order valence-electron chi connectivity index (χ4n) is 2.73. The van der Waals surface area contributed by atoms with Crippen LogP contribution in [0.4, 0.5) is 10.8 Å². The molecular formula is C17H16N4OS. The lowest BCUT2D eigenvalue weighted by Crippen LogP contribution is -2.16. The molecule has 1 amide bonds. The molecule has 1 saturated heterocycles. The third kappa shape index (κ3) is 2.90. The number of amides is 1. The van der Waals surface area contributed by atoms with Gasteiger partial charge in [0.15, 0.2) is 5.13 Å². The highest BCUT2D eigenvalue weighted by molar-refractivity contribution is 7.22. The molecule has 4 rings (SSSR count). The van der Waals surface area contributed by atoms with E-state index in [0.717, 1.165) is 34.1 Å². The van der Waals surface area contributed by atoms with Crippen molar-refractivity contribution < 1.29 is 4.79 Å². The van der Waals surface area contributed by atoms with Gasteiger partial charge in [-0.25, -0.2) is 4.98 Å². The van der Waals surface area contributed by atoms with Gasteiger partial charge >= 0.3 is 0 Å². The Labute approximate surface area is 138 Å². The molecule has 0 atom stereocenters. The van der Waals surface area contributed by atoms with Gasteiger partial charge in [0, 0.05) is 31.2 Å². The van der Waals surface area contributed by atoms with Crippen molar-refractivity contribution in [3.05, 3.63) is 48.3 Å². The zero-order chi connectivity index (χ0) is 15.6. The van der Waals surface area contributed by atoms with E-state index >= 15 is 0 Å². The van der Waals surface area contributed by atoms with Crippen LogP contribution in [-0.2, 0) is 0 Å². The summed E-state index contributed by atoms with van der Waals surface area (Å²) < 4.78 is 1.09. The molecule has 0 bridgehead atoms. The lowest BCUT2D eigenvalue weighted by Gasteiger charge is -2.11. The second-order valence-corrected chi connectivity index (χ2v) is 6.58. The van der Waals surface area contributed by atoms with Crippen molar-refractivity contribution in [1.82, 2.24) is 9.97 Å². The normalized spacial score (nSPS) is 14.3. The number of nitrogens with zero attached hydrogens (tertiary/aromatic N) is 3. The minimum absolute atomic E-state index is 0.151. The van der Waals surface area contributed by atoms with E-state index < -0.39 is 0 Å². The van der Waals surface area contributed by atoms with Crippen LogP contribution in [0, 0.1) is 0 Å². The predicted octanol–water partition coefficient (Wildman–Crippen LogP) is 3.54. The molecular weight excluding hydrogens is 308 g/mol. The Bertz CT molecular complexity index is 840. The van der Waals surface area contributed by atoms with Gasteiger partial charge in [-0.3, -0.25) is 9.78 Å². The van der Waals surface area contributed by atoms with Crippen LogP contribution in [-0.4, -0.2) is 29.0 Å². The molecule has 2 aromatic heterocycles. The summed E-state index contributed by atoms with van der Waals surface area (Å²) in [5, 5.41) is 3.99. The fraction of sp³-hybridized carbons (Fsp3) is 0.235. The summed E-state index contributed by atoms with van der Waals surface area (Å²) in [5.74, 6) is -0.151. The minimum atomic E-state index is -0.151. The Morgan fingerprint density at radius 3 is 2.87 bits per heavy atom. The number of carbonyl (C=O) groups excluding carboxylic acids is 1. The van der Waals surface area contributed by atoms with Crippen LogP contribution in [0.3, 0.4) is 0 Å². The van der Waals surface area contributed by atoms with Crippen LogP contribution in [0.15, 0.2) is 42.7 Å². The van der Waals surface area contributed by atoms with Crippen LogP contribution in [0.1, 0.15) is 23.2 Å². The van der Waals surface area contributed by atoms with E-state index in [9.17, 15) is 4.79 Å². The van der Waals surface area contributed by atoms with Crippen molar-refractivity contribution in [2.24, 2.45) is 0 Å². The third-order valence-electron chi connectivity index (χ3n) is 3.94. The summed E-state index contributed by atoms with van der Waals surface area (Å²) in [4.78, 5) is 23.2. The van der Waals surface area contributed by atoms with E-state index in [1.807, 2.05) is 18.2 Å². The summed E-state index contributed by atoms with van der Waals surface area (Å²) in [6.45, 7) is 2.18. The topological polar surface area (TPSA) is 58.1 Å². The van der Waals surface area contributed by atoms with Gasteiger partial charge in [-0.05, 0) is 43.2 Å². The van der Waals surface area contributed by atoms with Gasteiger partial charge in [0.25, 0.3) is 5.91 Å². The SMILES string of the molecule is O=C(Nc1ccc2nc(N3CCCC3)sc2c1)c1cccnc1. The van der Waals surface area contributed by atoms with E-state index in [2.05, 4.69) is 15.2 Å². The number of hydrogen-bond donors (Lipinski definition) is 1. The van der Waals surface area contributed by atoms with E-state index in [-0.39, 0.29) is 5.91 Å². The quantitative estimate of drug-likeness (QED) is 0.800. The summed E-state index contributed by atoms with van der Waals surface area (Å²) in [7, 11) is 0. The van der Waals surface area contributed by atoms with Crippen molar-refractivity contribution >= 4 is 38.3 Å². The van der Waals surface area contributed by atoms with Crippen LogP contribution in [0.2, 0.25) is 0 Å². The largest absolute Gasteiger partial charge is 0.348 e. The first-order valence-electron chi connectivity index (χ1n) is 7.66. The number of anilines is 2. The number of rotatable bonds is 3. The maximum absolute atomic E-state index is 12.2. The molecule has 0 saturated carbocycles. The van der Waals surface area contributed by atoms with Crippen LogP contribution >= 0.6 is 11.3 Å². The predicted molar refractivity (Wildman–Crippen MR) is 93.3 cm³/mol. The summed E-state index contributed by atoms with van der Waals surface area (Å²) in [5.41, 5.74) is 2.31. The third-order valence-corrected chi connectivity index (χ3v) is 5.01. The molecule has 23 heavy (non-hydrogen) atoms. The first-order valence-corrected chi connectivity index (χ1v) is 8.48. The molecule has 6 heteroatoms. The zero-order valence-corrected chi connectivity index (χ0v) is 13.3. The first kappa shape index (κ1) is 14.1. The molecule has 1 fully saturated rings. The van der Waals surface area contributed by atoms with E-state index in [4.69, 9.17) is 4.98 Å². The lowest BCUT2D eigenvalue weighted by atomic mass is 10.2. The highest BCUT2D eigenvalue weighted by Crippen LogP contribution is 2.32. The molecule has 1 aromatic carbocycles. The Morgan fingerprint density at radius 2 is 2.09 bits per heavy atom. The average Bonchev–Trinajstić information content (AvgIpc) is 3.24. The van der Waals surface area contributed by atoms with Crippen molar-refractivity contribution in [1.29, 1.82) is 0 Å². The van der Waals surface area contributed by atoms with Gasteiger partial charge < -0.3 is 10.2 Å². The number of benzene rings is 1. The van der Waals surface area contributed by atoms with Gasteiger partial charge in [0.05, 0.1) is 15.8 Å². The van der Waals surface area contributed by atoms with E-state index in [1.165, 1.54) is 12.8 Å². The molecule has 0 aliphatic carbocycles. The number of fused-ring (bicyclic) bond motifs is 1. The Morgan fingerprint density at radius 1 is 1.22 bits per heavy atom. The van der Waals surface area contributed by atoms with Gasteiger partial charge in [-0.15, -0.1) is 0 Å². The monoisotopic (exact) mass is 324 g/mol. The number of carbonyl (C=O) groups is 1. The second-order valence-electron chi connectivity index (χ2n) is 5.57. The standard InChI is InChI=1S/C17H16N4OS/c22-16(12-4-3-7-18-11-12)19-13-5-6-14-15(10-13)23-17(20-14)21-8-1-2-9-21/h3-7,10-11H,1-2,8-9H2,(H,19,22). The van der Waals surface area contributed by atoms with Crippen molar-refractivity contribution in [3.8, 4) is 0 Å². The summed E-state index contributed by atoms with van der Waals surface area (Å²) >= 11 is 1.68. The lowest BCUT2D eigenvalue weighted by molar-refractivity contribution is 0.102. The van der Waals surface area contributed by atoms with E-state index in [0.29, 0.717) is 5.56 Å². The molecule has 1 N–H and O–H groups in total. The molecule has 0 unspecified atom stereocenters. The molecule has 1 aliphatic rings. The number of nitrogens with one attached hydrogen (secondary N) is 1. The Balaban J connectivity index is 1.57. The van der Waals surface area contributed by atoms with Crippen molar-refractivity contribution in [2.75, 3.05) is 23.3 Å². The van der Waals surface area contributed by atoms with Gasteiger partial charge in [-0.1, -0.05) is 11.3 Å². The smallest absolute Gasteiger partial charge is 0.257 e. The van der Waals surface area contributed by atoms with Gasteiger partial charge in [-0.2, -0.15) is 0 Å². The molecule has 116 valence electrons. The number of hydrogen-bond acceptors (Lipinski definition) is 5. The van der Waals surface area contributed by atoms with Gasteiger partial charge in [0.2, 0.25) is 0 Å². The number of pyridine rings is 1. The van der Waals surface area contributed by atoms with E-state index in [1.54, 1.807) is 35.9 Å². The van der Waals surface area contributed by atoms with Crippen LogP contribution in [0.25, 0.3) is 10.2 Å². The molecule has 5 nitrogen and oxygen atoms in total. The highest BCUT2D eigenvalue weighted by atomic mass is 32.1. The second kappa shape index (κ2) is 5.96. The average molecular weight is 324 g/mol. The molecule has 1 aliphatic heterocycles. The minimum Gasteiger partial charge on any atom is -0.348 e. The van der Waals surface area contributed by atoms with Crippen molar-refractivity contribution in [3.63, 3.8) is 0 Å². The maximum atomic E-state index is 12.2. The van der Waals surface area contributed by atoms with Crippen molar-refractivity contribution in [2.45, 2.75) is 12.8 Å². The first-order chi connectivity index (χ1) is 11.3. The van der Waals surface area contributed by atoms with Gasteiger partial charge in [0.1, 0.15) is 0 Å². The molecule has 0 radical (unpaired) electrons. The highest BCUT2D eigenvalue weighted by Gasteiger charge is 2.16. The Hall–Kier alpha value is -2.47. The number of thiazole rings is 1.